The molecule has 1 N–H and O–H groups in total. The fourth-order valence-corrected chi connectivity index (χ4v) is 4.92. The number of hydrogen-bond donors (Lipinski definition) is 1. The van der Waals surface area contributed by atoms with Gasteiger partial charge in [-0.05, 0) is 62.3 Å². The summed E-state index contributed by atoms with van der Waals surface area (Å²) in [4.78, 5) is 15.4. The van der Waals surface area contributed by atoms with Crippen LogP contribution in [0.5, 0.6) is 0 Å². The molecule has 0 amide bonds. The SMILES string of the molecule is CC(C)OC(=O)[C@@]1(c2ccccc2)C[C@@H]1CN1CCC(O)(c2ccc(Cl)cc2)CC1. The molecule has 0 aromatic heterocycles. The summed E-state index contributed by atoms with van der Waals surface area (Å²) in [6.45, 7) is 6.25. The zero-order valence-corrected chi connectivity index (χ0v) is 18.4. The second kappa shape index (κ2) is 8.33. The van der Waals surface area contributed by atoms with Crippen LogP contribution in [0.3, 0.4) is 0 Å². The summed E-state index contributed by atoms with van der Waals surface area (Å²) in [5.74, 6) is 0.135. The Morgan fingerprint density at radius 1 is 1.10 bits per heavy atom. The van der Waals surface area contributed by atoms with Crippen molar-refractivity contribution in [1.29, 1.82) is 0 Å². The maximum absolute atomic E-state index is 13.0. The summed E-state index contributed by atoms with van der Waals surface area (Å²) in [7, 11) is 0. The summed E-state index contributed by atoms with van der Waals surface area (Å²) >= 11 is 5.99. The minimum absolute atomic E-state index is 0.108. The number of aliphatic hydroxyl groups is 1. The summed E-state index contributed by atoms with van der Waals surface area (Å²) in [6.07, 6.45) is 2.05. The van der Waals surface area contributed by atoms with Crippen molar-refractivity contribution in [2.45, 2.75) is 50.2 Å². The van der Waals surface area contributed by atoms with Gasteiger partial charge in [-0.2, -0.15) is 0 Å². The zero-order chi connectivity index (χ0) is 21.4. The average molecular weight is 428 g/mol. The molecule has 2 aromatic carbocycles. The number of ether oxygens (including phenoxy) is 1. The van der Waals surface area contributed by atoms with Crippen LogP contribution in [0.2, 0.25) is 5.02 Å². The molecule has 2 aromatic rings. The van der Waals surface area contributed by atoms with E-state index in [4.69, 9.17) is 16.3 Å². The van der Waals surface area contributed by atoms with Crippen LogP contribution in [0.4, 0.5) is 0 Å². The molecule has 2 aliphatic rings. The maximum Gasteiger partial charge on any atom is 0.317 e. The highest BCUT2D eigenvalue weighted by molar-refractivity contribution is 6.30. The Hall–Kier alpha value is -1.88. The van der Waals surface area contributed by atoms with Gasteiger partial charge in [-0.15, -0.1) is 0 Å². The van der Waals surface area contributed by atoms with Gasteiger partial charge in [0.1, 0.15) is 0 Å². The van der Waals surface area contributed by atoms with E-state index in [0.717, 1.165) is 37.2 Å². The minimum Gasteiger partial charge on any atom is -0.462 e. The molecule has 1 saturated carbocycles. The monoisotopic (exact) mass is 427 g/mol. The topological polar surface area (TPSA) is 49.8 Å². The van der Waals surface area contributed by atoms with E-state index in [1.807, 2.05) is 68.4 Å². The first-order valence-corrected chi connectivity index (χ1v) is 11.2. The summed E-state index contributed by atoms with van der Waals surface area (Å²) < 4.78 is 5.64. The molecule has 30 heavy (non-hydrogen) atoms. The molecule has 4 rings (SSSR count). The lowest BCUT2D eigenvalue weighted by Crippen LogP contribution is -2.44. The zero-order valence-electron chi connectivity index (χ0n) is 17.7. The number of esters is 1. The fourth-order valence-electron chi connectivity index (χ4n) is 4.79. The van der Waals surface area contributed by atoms with Gasteiger partial charge in [-0.1, -0.05) is 54.1 Å². The van der Waals surface area contributed by atoms with Crippen LogP contribution < -0.4 is 0 Å². The number of piperidine rings is 1. The smallest absolute Gasteiger partial charge is 0.317 e. The van der Waals surface area contributed by atoms with Gasteiger partial charge in [0.05, 0.1) is 17.1 Å². The third-order valence-corrected chi connectivity index (χ3v) is 6.90. The first-order valence-electron chi connectivity index (χ1n) is 10.8. The Morgan fingerprint density at radius 3 is 2.33 bits per heavy atom. The molecule has 0 unspecified atom stereocenters. The Labute approximate surface area is 183 Å². The van der Waals surface area contributed by atoms with E-state index in [1.165, 1.54) is 0 Å². The number of halogens is 1. The number of rotatable bonds is 6. The number of carbonyl (C=O) groups excluding carboxylic acids is 1. The van der Waals surface area contributed by atoms with Gasteiger partial charge in [-0.25, -0.2) is 0 Å². The van der Waals surface area contributed by atoms with Crippen LogP contribution in [0.1, 0.15) is 44.2 Å². The second-order valence-electron chi connectivity index (χ2n) is 9.03. The van der Waals surface area contributed by atoms with E-state index in [1.54, 1.807) is 0 Å². The van der Waals surface area contributed by atoms with Crippen molar-refractivity contribution in [3.63, 3.8) is 0 Å². The van der Waals surface area contributed by atoms with Gasteiger partial charge < -0.3 is 14.7 Å². The normalized spacial score (nSPS) is 25.8. The van der Waals surface area contributed by atoms with Crippen LogP contribution in [0.25, 0.3) is 0 Å². The Balaban J connectivity index is 1.42. The van der Waals surface area contributed by atoms with Crippen molar-refractivity contribution < 1.29 is 14.6 Å². The highest BCUT2D eigenvalue weighted by Gasteiger charge is 2.62. The molecule has 0 spiro atoms. The van der Waals surface area contributed by atoms with Crippen molar-refractivity contribution in [2.75, 3.05) is 19.6 Å². The first-order chi connectivity index (χ1) is 14.3. The van der Waals surface area contributed by atoms with E-state index in [-0.39, 0.29) is 18.0 Å². The highest BCUT2D eigenvalue weighted by Crippen LogP contribution is 2.56. The standard InChI is InChI=1S/C25H30ClNO3/c1-18(2)30-23(28)25(20-6-4-3-5-7-20)16-21(25)17-27-14-12-24(29,13-15-27)19-8-10-22(26)11-9-19/h3-11,18,21,29H,12-17H2,1-2H3/t21-,25-/m1/s1. The number of nitrogens with zero attached hydrogens (tertiary/aromatic N) is 1. The van der Waals surface area contributed by atoms with Gasteiger partial charge in [0.25, 0.3) is 0 Å². The number of hydrogen-bond acceptors (Lipinski definition) is 4. The summed E-state index contributed by atoms with van der Waals surface area (Å²) in [6, 6.07) is 17.5. The molecule has 1 saturated heterocycles. The van der Waals surface area contributed by atoms with Gasteiger partial charge in [0, 0.05) is 24.7 Å². The summed E-state index contributed by atoms with van der Waals surface area (Å²) in [5.41, 5.74) is 0.639. The molecule has 4 nitrogen and oxygen atoms in total. The van der Waals surface area contributed by atoms with Gasteiger partial charge in [-0.3, -0.25) is 4.79 Å². The van der Waals surface area contributed by atoms with Crippen molar-refractivity contribution in [2.24, 2.45) is 5.92 Å². The van der Waals surface area contributed by atoms with E-state index < -0.39 is 11.0 Å². The van der Waals surface area contributed by atoms with Crippen molar-refractivity contribution in [1.82, 2.24) is 4.90 Å². The predicted octanol–water partition coefficient (Wildman–Crippen LogP) is 4.53. The lowest BCUT2D eigenvalue weighted by Gasteiger charge is -2.39. The van der Waals surface area contributed by atoms with Crippen LogP contribution in [0, 0.1) is 5.92 Å². The third kappa shape index (κ3) is 4.14. The number of likely N-dealkylation sites (tertiary alicyclic amines) is 1. The fraction of sp³-hybridized carbons (Fsp3) is 0.480. The minimum atomic E-state index is -0.808. The molecule has 2 fully saturated rings. The molecular formula is C25H30ClNO3. The first kappa shape index (κ1) is 21.4. The Kier molecular flexibility index (Phi) is 5.93. The van der Waals surface area contributed by atoms with Crippen LogP contribution in [-0.4, -0.2) is 41.7 Å². The molecule has 1 aliphatic carbocycles. The van der Waals surface area contributed by atoms with Crippen molar-refractivity contribution in [3.05, 3.63) is 70.7 Å². The molecule has 2 atom stereocenters. The van der Waals surface area contributed by atoms with E-state index in [2.05, 4.69) is 4.90 Å². The van der Waals surface area contributed by atoms with E-state index >= 15 is 0 Å². The van der Waals surface area contributed by atoms with Crippen LogP contribution in [0.15, 0.2) is 54.6 Å². The van der Waals surface area contributed by atoms with Gasteiger partial charge in [0.15, 0.2) is 0 Å². The Bertz CT molecular complexity index is 875. The summed E-state index contributed by atoms with van der Waals surface area (Å²) in [5, 5.41) is 11.8. The predicted molar refractivity (Wildman–Crippen MR) is 118 cm³/mol. The quantitative estimate of drug-likeness (QED) is 0.688. The van der Waals surface area contributed by atoms with Gasteiger partial charge in [0.2, 0.25) is 0 Å². The van der Waals surface area contributed by atoms with Crippen LogP contribution in [-0.2, 0) is 20.5 Å². The number of benzene rings is 2. The molecule has 0 bridgehead atoms. The lowest BCUT2D eigenvalue weighted by atomic mass is 9.84. The molecule has 5 heteroatoms. The average Bonchev–Trinajstić information content (AvgIpc) is 3.46. The van der Waals surface area contributed by atoms with Gasteiger partial charge >= 0.3 is 5.97 Å². The second-order valence-corrected chi connectivity index (χ2v) is 9.47. The molecular weight excluding hydrogens is 398 g/mol. The maximum atomic E-state index is 13.0. The van der Waals surface area contributed by atoms with Crippen molar-refractivity contribution in [3.8, 4) is 0 Å². The molecule has 160 valence electrons. The lowest BCUT2D eigenvalue weighted by molar-refractivity contribution is -0.151. The van der Waals surface area contributed by atoms with Crippen molar-refractivity contribution >= 4 is 17.6 Å². The van der Waals surface area contributed by atoms with Crippen LogP contribution >= 0.6 is 11.6 Å². The Morgan fingerprint density at radius 2 is 1.73 bits per heavy atom. The third-order valence-electron chi connectivity index (χ3n) is 6.64. The number of carbonyl (C=O) groups is 1. The highest BCUT2D eigenvalue weighted by atomic mass is 35.5. The molecule has 1 heterocycles. The van der Waals surface area contributed by atoms with E-state index in [0.29, 0.717) is 17.9 Å². The molecule has 1 aliphatic heterocycles. The van der Waals surface area contributed by atoms with E-state index in [9.17, 15) is 9.90 Å². The molecule has 0 radical (unpaired) electrons. The largest absolute Gasteiger partial charge is 0.462 e.